The first-order valence-electron chi connectivity index (χ1n) is 9.19. The summed E-state index contributed by atoms with van der Waals surface area (Å²) in [5.41, 5.74) is 2.11. The van der Waals surface area contributed by atoms with E-state index in [0.29, 0.717) is 11.7 Å². The molecule has 3 rings (SSSR count). The molecule has 2 heterocycles. The van der Waals surface area contributed by atoms with Crippen molar-refractivity contribution >= 4 is 17.8 Å². The van der Waals surface area contributed by atoms with Crippen molar-refractivity contribution in [3.63, 3.8) is 0 Å². The van der Waals surface area contributed by atoms with Gasteiger partial charge in [-0.3, -0.25) is 19.9 Å². The second-order valence-electron chi connectivity index (χ2n) is 6.91. The number of likely N-dealkylation sites (tertiary alicyclic amines) is 1. The lowest BCUT2D eigenvalue weighted by Crippen LogP contribution is -2.47. The third kappa shape index (κ3) is 5.24. The van der Waals surface area contributed by atoms with Crippen molar-refractivity contribution in [3.05, 3.63) is 24.2 Å². The van der Waals surface area contributed by atoms with Crippen molar-refractivity contribution in [2.75, 3.05) is 18.4 Å². The number of hydrogen-bond acceptors (Lipinski definition) is 6. The molecule has 2 fully saturated rings. The number of rotatable bonds is 5. The van der Waals surface area contributed by atoms with Gasteiger partial charge in [-0.1, -0.05) is 19.3 Å². The van der Waals surface area contributed by atoms with E-state index in [9.17, 15) is 4.79 Å². The Bertz CT molecular complexity index is 584. The fraction of sp³-hybridized carbons (Fsp3) is 0.611. The first kappa shape index (κ1) is 17.8. The minimum Gasteiger partial charge on any atom is -0.365 e. The molecule has 0 radical (unpaired) electrons. The molecule has 0 bridgehead atoms. The van der Waals surface area contributed by atoms with E-state index >= 15 is 0 Å². The van der Waals surface area contributed by atoms with E-state index in [-0.39, 0.29) is 0 Å². The summed E-state index contributed by atoms with van der Waals surface area (Å²) in [5, 5.41) is 11.9. The largest absolute Gasteiger partial charge is 0.365 e. The normalized spacial score (nSPS) is 22.8. The number of carbonyl (C=O) groups is 1. The maximum atomic E-state index is 11.0. The Balaban J connectivity index is 1.52. The second-order valence-corrected chi connectivity index (χ2v) is 6.91. The van der Waals surface area contributed by atoms with Gasteiger partial charge in [-0.15, -0.1) is 0 Å². The Morgan fingerprint density at radius 2 is 2.00 bits per heavy atom. The van der Waals surface area contributed by atoms with Gasteiger partial charge in [0, 0.05) is 24.7 Å². The molecule has 1 aliphatic carbocycles. The van der Waals surface area contributed by atoms with Crippen LogP contribution in [0.1, 0.15) is 50.6 Å². The van der Waals surface area contributed by atoms with E-state index in [4.69, 9.17) is 5.21 Å². The van der Waals surface area contributed by atoms with Crippen molar-refractivity contribution < 1.29 is 10.0 Å². The van der Waals surface area contributed by atoms with Gasteiger partial charge in [0.2, 0.25) is 0 Å². The SMILES string of the molecule is O=C(/C=C/c1cnc(N[C@@H]2CCCN(C3CCCCC3)C2)cn1)NO. The van der Waals surface area contributed by atoms with E-state index in [1.165, 1.54) is 57.2 Å². The molecule has 0 unspecified atom stereocenters. The number of piperidine rings is 1. The molecule has 1 saturated heterocycles. The molecule has 1 saturated carbocycles. The molecule has 0 aromatic carbocycles. The summed E-state index contributed by atoms with van der Waals surface area (Å²) >= 11 is 0. The molecule has 1 aromatic rings. The standard InChI is InChI=1S/C18H27N5O2/c24-18(22-25)9-8-14-11-20-17(12-19-14)21-15-5-4-10-23(13-15)16-6-2-1-3-7-16/h8-9,11-12,15-16,25H,1-7,10,13H2,(H,20,21)(H,22,24)/b9-8+/t15-/m1/s1. The number of hydrogen-bond donors (Lipinski definition) is 3. The average molecular weight is 345 g/mol. The summed E-state index contributed by atoms with van der Waals surface area (Å²) in [6.07, 6.45) is 15.2. The van der Waals surface area contributed by atoms with E-state index in [0.717, 1.165) is 24.8 Å². The van der Waals surface area contributed by atoms with Crippen LogP contribution in [-0.4, -0.2) is 51.2 Å². The Labute approximate surface area is 148 Å². The lowest BCUT2D eigenvalue weighted by atomic mass is 9.92. The number of nitrogens with one attached hydrogen (secondary N) is 2. The number of nitrogens with zero attached hydrogens (tertiary/aromatic N) is 3. The highest BCUT2D eigenvalue weighted by molar-refractivity contribution is 5.90. The van der Waals surface area contributed by atoms with Crippen molar-refractivity contribution in [1.29, 1.82) is 0 Å². The Kier molecular flexibility index (Phi) is 6.36. The van der Waals surface area contributed by atoms with Crippen LogP contribution in [0.25, 0.3) is 6.08 Å². The molecule has 3 N–H and O–H groups in total. The van der Waals surface area contributed by atoms with Crippen molar-refractivity contribution in [3.8, 4) is 0 Å². The highest BCUT2D eigenvalue weighted by Crippen LogP contribution is 2.26. The highest BCUT2D eigenvalue weighted by Gasteiger charge is 2.26. The minimum absolute atomic E-state index is 0.409. The second kappa shape index (κ2) is 8.92. The minimum atomic E-state index is -0.589. The van der Waals surface area contributed by atoms with Crippen LogP contribution in [-0.2, 0) is 4.79 Å². The van der Waals surface area contributed by atoms with Crippen molar-refractivity contribution in [1.82, 2.24) is 20.3 Å². The van der Waals surface area contributed by atoms with E-state index in [1.54, 1.807) is 17.9 Å². The highest BCUT2D eigenvalue weighted by atomic mass is 16.5. The van der Waals surface area contributed by atoms with Crippen molar-refractivity contribution in [2.45, 2.75) is 57.0 Å². The van der Waals surface area contributed by atoms with Crippen LogP contribution in [0.5, 0.6) is 0 Å². The lowest BCUT2D eigenvalue weighted by molar-refractivity contribution is -0.124. The van der Waals surface area contributed by atoms with Crippen LogP contribution in [0.2, 0.25) is 0 Å². The van der Waals surface area contributed by atoms with Crippen LogP contribution in [0, 0.1) is 0 Å². The van der Waals surface area contributed by atoms with Gasteiger partial charge in [-0.05, 0) is 38.3 Å². The zero-order valence-corrected chi connectivity index (χ0v) is 14.5. The maximum Gasteiger partial charge on any atom is 0.267 e. The zero-order valence-electron chi connectivity index (χ0n) is 14.5. The summed E-state index contributed by atoms with van der Waals surface area (Å²) in [6, 6.07) is 1.17. The molecule has 2 aliphatic rings. The van der Waals surface area contributed by atoms with E-state index < -0.39 is 5.91 Å². The summed E-state index contributed by atoms with van der Waals surface area (Å²) in [7, 11) is 0. The first-order chi connectivity index (χ1) is 12.2. The van der Waals surface area contributed by atoms with Gasteiger partial charge >= 0.3 is 0 Å². The molecule has 1 aliphatic heterocycles. The van der Waals surface area contributed by atoms with Crippen LogP contribution >= 0.6 is 0 Å². The van der Waals surface area contributed by atoms with Crippen LogP contribution in [0.3, 0.4) is 0 Å². The van der Waals surface area contributed by atoms with Crippen LogP contribution in [0.15, 0.2) is 18.5 Å². The fourth-order valence-corrected chi connectivity index (χ4v) is 3.81. The van der Waals surface area contributed by atoms with Crippen molar-refractivity contribution in [2.24, 2.45) is 0 Å². The van der Waals surface area contributed by atoms with Gasteiger partial charge in [0.1, 0.15) is 5.82 Å². The van der Waals surface area contributed by atoms with Gasteiger partial charge in [-0.2, -0.15) is 0 Å². The monoisotopic (exact) mass is 345 g/mol. The van der Waals surface area contributed by atoms with Gasteiger partial charge < -0.3 is 5.32 Å². The Morgan fingerprint density at radius 3 is 2.72 bits per heavy atom. The summed E-state index contributed by atoms with van der Waals surface area (Å²) in [4.78, 5) is 22.3. The number of anilines is 1. The zero-order chi connectivity index (χ0) is 17.5. The molecular formula is C18H27N5O2. The third-order valence-corrected chi connectivity index (χ3v) is 5.08. The molecule has 7 nitrogen and oxygen atoms in total. The molecule has 1 atom stereocenters. The maximum absolute atomic E-state index is 11.0. The van der Waals surface area contributed by atoms with Crippen LogP contribution in [0.4, 0.5) is 5.82 Å². The number of carbonyl (C=O) groups excluding carboxylic acids is 1. The topological polar surface area (TPSA) is 90.4 Å². The Morgan fingerprint density at radius 1 is 1.16 bits per heavy atom. The van der Waals surface area contributed by atoms with Gasteiger partial charge in [-0.25, -0.2) is 10.5 Å². The Hall–Kier alpha value is -1.99. The number of amides is 1. The number of aromatic nitrogens is 2. The molecule has 1 amide bonds. The summed E-state index contributed by atoms with van der Waals surface area (Å²) < 4.78 is 0. The summed E-state index contributed by atoms with van der Waals surface area (Å²) in [5.74, 6) is 0.174. The summed E-state index contributed by atoms with van der Waals surface area (Å²) in [6.45, 7) is 2.29. The van der Waals surface area contributed by atoms with Gasteiger partial charge in [0.25, 0.3) is 5.91 Å². The average Bonchev–Trinajstić information content (AvgIpc) is 2.68. The van der Waals surface area contributed by atoms with Crippen LogP contribution < -0.4 is 10.8 Å². The molecule has 25 heavy (non-hydrogen) atoms. The predicted octanol–water partition coefficient (Wildman–Crippen LogP) is 2.20. The smallest absolute Gasteiger partial charge is 0.267 e. The van der Waals surface area contributed by atoms with Gasteiger partial charge in [0.15, 0.2) is 0 Å². The fourth-order valence-electron chi connectivity index (χ4n) is 3.81. The van der Waals surface area contributed by atoms with Gasteiger partial charge in [0.05, 0.1) is 18.1 Å². The molecule has 0 spiro atoms. The van der Waals surface area contributed by atoms with E-state index in [2.05, 4.69) is 20.2 Å². The lowest BCUT2D eigenvalue weighted by Gasteiger charge is -2.40. The molecule has 1 aromatic heterocycles. The number of hydroxylamine groups is 1. The third-order valence-electron chi connectivity index (χ3n) is 5.08. The molecule has 7 heteroatoms. The first-order valence-corrected chi connectivity index (χ1v) is 9.19. The molecular weight excluding hydrogens is 318 g/mol. The quantitative estimate of drug-likeness (QED) is 0.431. The van der Waals surface area contributed by atoms with E-state index in [1.807, 2.05) is 0 Å². The molecule has 136 valence electrons. The predicted molar refractivity (Wildman–Crippen MR) is 96.1 cm³/mol.